The number of carboxylic acid groups (broad SMARTS) is 1. The first-order chi connectivity index (χ1) is 16.8. The van der Waals surface area contributed by atoms with E-state index in [0.29, 0.717) is 43.6 Å². The second kappa shape index (κ2) is 10.4. The van der Waals surface area contributed by atoms with Crippen molar-refractivity contribution in [2.24, 2.45) is 5.41 Å². The van der Waals surface area contributed by atoms with Gasteiger partial charge in [0.05, 0.1) is 18.6 Å². The van der Waals surface area contributed by atoms with E-state index in [1.807, 2.05) is 44.2 Å². The zero-order valence-corrected chi connectivity index (χ0v) is 20.5. The fraction of sp³-hybridized carbons (Fsp3) is 0.379. The zero-order chi connectivity index (χ0) is 25.0. The third kappa shape index (κ3) is 5.26. The molecule has 6 heteroatoms. The van der Waals surface area contributed by atoms with Crippen molar-refractivity contribution in [1.82, 2.24) is 0 Å². The molecule has 3 aromatic carbocycles. The van der Waals surface area contributed by atoms with Crippen molar-refractivity contribution in [2.45, 2.75) is 58.7 Å². The number of carboxylic acids is 1. The van der Waals surface area contributed by atoms with Gasteiger partial charge in [0.2, 0.25) is 0 Å². The van der Waals surface area contributed by atoms with Crippen LogP contribution in [-0.2, 0) is 22.6 Å². The number of rotatable bonds is 8. The summed E-state index contributed by atoms with van der Waals surface area (Å²) >= 11 is 0. The van der Waals surface area contributed by atoms with Crippen LogP contribution in [0.4, 0.5) is 0 Å². The molecule has 0 aromatic heterocycles. The Morgan fingerprint density at radius 1 is 1.00 bits per heavy atom. The second-order valence-corrected chi connectivity index (χ2v) is 9.41. The lowest BCUT2D eigenvalue weighted by Gasteiger charge is -2.35. The molecular weight excluding hydrogens is 444 g/mol. The predicted octanol–water partition coefficient (Wildman–Crippen LogP) is 6.18. The number of hydrogen-bond donors (Lipinski definition) is 1. The fourth-order valence-electron chi connectivity index (χ4n) is 4.79. The molecule has 0 bridgehead atoms. The summed E-state index contributed by atoms with van der Waals surface area (Å²) in [4.78, 5) is 24.7. The van der Waals surface area contributed by atoms with E-state index in [1.54, 1.807) is 12.1 Å². The van der Waals surface area contributed by atoms with Gasteiger partial charge in [-0.25, -0.2) is 4.79 Å². The van der Waals surface area contributed by atoms with Gasteiger partial charge in [0, 0.05) is 0 Å². The van der Waals surface area contributed by atoms with Crippen LogP contribution in [0, 0.1) is 5.41 Å². The van der Waals surface area contributed by atoms with Crippen LogP contribution in [0.3, 0.4) is 0 Å². The van der Waals surface area contributed by atoms with Gasteiger partial charge in [0.15, 0.2) is 0 Å². The Morgan fingerprint density at radius 3 is 2.40 bits per heavy atom. The molecular formula is C29H32O6. The minimum Gasteiger partial charge on any atom is -0.496 e. The normalized spacial score (nSPS) is 19.8. The van der Waals surface area contributed by atoms with Gasteiger partial charge in [0.25, 0.3) is 0 Å². The molecule has 0 aliphatic heterocycles. The van der Waals surface area contributed by atoms with Crippen LogP contribution in [0.1, 0.15) is 61.0 Å². The summed E-state index contributed by atoms with van der Waals surface area (Å²) in [5, 5.41) is 11.7. The molecule has 0 heterocycles. The molecule has 0 unspecified atom stereocenters. The lowest BCUT2D eigenvalue weighted by atomic mass is 9.74. The van der Waals surface area contributed by atoms with Gasteiger partial charge in [-0.1, -0.05) is 49.4 Å². The van der Waals surface area contributed by atoms with Gasteiger partial charge >= 0.3 is 11.9 Å². The third-order valence-corrected chi connectivity index (χ3v) is 7.06. The Labute approximate surface area is 205 Å². The molecule has 1 fully saturated rings. The van der Waals surface area contributed by atoms with Crippen molar-refractivity contribution in [3.63, 3.8) is 0 Å². The summed E-state index contributed by atoms with van der Waals surface area (Å²) in [5.74, 6) is -0.347. The Balaban J connectivity index is 1.39. The van der Waals surface area contributed by atoms with Crippen LogP contribution in [0.25, 0.3) is 10.8 Å². The number of esters is 1. The monoisotopic (exact) mass is 476 g/mol. The molecule has 184 valence electrons. The van der Waals surface area contributed by atoms with Gasteiger partial charge in [-0.15, -0.1) is 0 Å². The first-order valence-electron chi connectivity index (χ1n) is 12.1. The van der Waals surface area contributed by atoms with Crippen molar-refractivity contribution < 1.29 is 28.9 Å². The highest BCUT2D eigenvalue weighted by atomic mass is 16.5. The van der Waals surface area contributed by atoms with Crippen molar-refractivity contribution in [2.75, 3.05) is 7.11 Å². The maximum absolute atomic E-state index is 13.0. The minimum atomic E-state index is -1.06. The molecule has 6 nitrogen and oxygen atoms in total. The van der Waals surface area contributed by atoms with Crippen molar-refractivity contribution >= 4 is 22.7 Å². The average molecular weight is 477 g/mol. The van der Waals surface area contributed by atoms with E-state index in [2.05, 4.69) is 12.1 Å². The molecule has 4 rings (SSSR count). The smallest absolute Gasteiger partial charge is 0.339 e. The number of aryl methyl sites for hydroxylation is 1. The van der Waals surface area contributed by atoms with Gasteiger partial charge in [-0.05, 0) is 73.1 Å². The van der Waals surface area contributed by atoms with Crippen LogP contribution >= 0.6 is 0 Å². The van der Waals surface area contributed by atoms with Crippen LogP contribution in [0.2, 0.25) is 0 Å². The molecule has 0 atom stereocenters. The fourth-order valence-corrected chi connectivity index (χ4v) is 4.79. The quantitative estimate of drug-likeness (QED) is 0.391. The van der Waals surface area contributed by atoms with Gasteiger partial charge in [-0.3, -0.25) is 4.79 Å². The average Bonchev–Trinajstić information content (AvgIpc) is 2.88. The summed E-state index contributed by atoms with van der Waals surface area (Å²) in [6, 6.07) is 17.4. The highest BCUT2D eigenvalue weighted by Gasteiger charge is 2.39. The van der Waals surface area contributed by atoms with E-state index in [-0.39, 0.29) is 24.2 Å². The molecule has 1 aliphatic carbocycles. The topological polar surface area (TPSA) is 82.1 Å². The number of carbonyl (C=O) groups is 2. The Bertz CT molecular complexity index is 1220. The zero-order valence-electron chi connectivity index (χ0n) is 20.5. The van der Waals surface area contributed by atoms with E-state index < -0.39 is 11.4 Å². The molecule has 0 amide bonds. The number of ether oxygens (including phenoxy) is 3. The second-order valence-electron chi connectivity index (χ2n) is 9.41. The van der Waals surface area contributed by atoms with E-state index in [4.69, 9.17) is 14.2 Å². The molecule has 3 aromatic rings. The van der Waals surface area contributed by atoms with Gasteiger partial charge in [-0.2, -0.15) is 0 Å². The van der Waals surface area contributed by atoms with E-state index in [9.17, 15) is 14.7 Å². The number of fused-ring (bicyclic) bond motifs is 1. The molecule has 1 saturated carbocycles. The maximum Gasteiger partial charge on any atom is 0.339 e. The van der Waals surface area contributed by atoms with Crippen molar-refractivity contribution in [3.8, 4) is 11.5 Å². The standard InChI is InChI=1S/C29H32O6/c1-4-19-16-26(33-3)24(27(30)31)17-25(19)35-22-12-14-29(2,15-13-22)28(32)34-18-21-10-7-9-20-8-5-6-11-23(20)21/h5-11,16-17,22H,4,12-15,18H2,1-3H3,(H,30,31)/t22-,29+. The molecule has 0 saturated heterocycles. The van der Waals surface area contributed by atoms with E-state index >= 15 is 0 Å². The number of benzene rings is 3. The highest BCUT2D eigenvalue weighted by Crippen LogP contribution is 2.40. The maximum atomic E-state index is 13.0. The first kappa shape index (κ1) is 24.6. The number of methoxy groups -OCH3 is 1. The lowest BCUT2D eigenvalue weighted by Crippen LogP contribution is -2.37. The molecule has 0 radical (unpaired) electrons. The van der Waals surface area contributed by atoms with Crippen LogP contribution in [-0.4, -0.2) is 30.3 Å². The third-order valence-electron chi connectivity index (χ3n) is 7.06. The molecule has 1 aliphatic rings. The Morgan fingerprint density at radius 2 is 1.71 bits per heavy atom. The number of aromatic carboxylic acids is 1. The first-order valence-corrected chi connectivity index (χ1v) is 12.1. The lowest BCUT2D eigenvalue weighted by molar-refractivity contribution is -0.159. The molecule has 0 spiro atoms. The molecule has 35 heavy (non-hydrogen) atoms. The van der Waals surface area contributed by atoms with Crippen LogP contribution < -0.4 is 9.47 Å². The minimum absolute atomic E-state index is 0.0809. The summed E-state index contributed by atoms with van der Waals surface area (Å²) < 4.78 is 17.3. The largest absolute Gasteiger partial charge is 0.496 e. The number of hydrogen-bond acceptors (Lipinski definition) is 5. The molecule has 1 N–H and O–H groups in total. The van der Waals surface area contributed by atoms with Crippen LogP contribution in [0.15, 0.2) is 54.6 Å². The highest BCUT2D eigenvalue weighted by molar-refractivity contribution is 5.91. The van der Waals surface area contributed by atoms with E-state index in [1.165, 1.54) is 7.11 Å². The predicted molar refractivity (Wildman–Crippen MR) is 134 cm³/mol. The summed E-state index contributed by atoms with van der Waals surface area (Å²) in [7, 11) is 1.46. The summed E-state index contributed by atoms with van der Waals surface area (Å²) in [5.41, 5.74) is 1.41. The van der Waals surface area contributed by atoms with Crippen LogP contribution in [0.5, 0.6) is 11.5 Å². The summed E-state index contributed by atoms with van der Waals surface area (Å²) in [6.07, 6.45) is 3.28. The summed E-state index contributed by atoms with van der Waals surface area (Å²) in [6.45, 7) is 4.20. The van der Waals surface area contributed by atoms with Gasteiger partial charge in [0.1, 0.15) is 23.7 Å². The van der Waals surface area contributed by atoms with Crippen molar-refractivity contribution in [1.29, 1.82) is 0 Å². The number of carbonyl (C=O) groups excluding carboxylic acids is 1. The van der Waals surface area contributed by atoms with E-state index in [0.717, 1.165) is 21.9 Å². The van der Waals surface area contributed by atoms with Gasteiger partial charge < -0.3 is 19.3 Å². The Kier molecular flexibility index (Phi) is 7.29. The van der Waals surface area contributed by atoms with Crippen molar-refractivity contribution in [3.05, 3.63) is 71.3 Å². The Hall–Kier alpha value is -3.54. The SMILES string of the molecule is CCc1cc(OC)c(C(=O)O)cc1O[C@H]1CC[C@@](C)(C(=O)OCc2cccc3ccccc23)CC1.